The van der Waals surface area contributed by atoms with Crippen LogP contribution in [0.2, 0.25) is 0 Å². The number of hydrogen-bond donors (Lipinski definition) is 0. The standard InChI is InChI=1S/C24H30O4/c1-2-3-4-5-6-8-11-20-14-16-22(17-15-20)27-18-19-28-24(26)23(25)21-12-9-7-10-13-21/h7,9-10,12-17H,2-6,8,11,18-19H2,1H3. The van der Waals surface area contributed by atoms with Gasteiger partial charge in [-0.3, -0.25) is 4.79 Å². The number of benzene rings is 2. The Bertz CT molecular complexity index is 707. The van der Waals surface area contributed by atoms with Crippen molar-refractivity contribution in [3.8, 4) is 5.75 Å². The first kappa shape index (κ1) is 21.7. The maximum absolute atomic E-state index is 11.9. The number of ketones is 1. The minimum atomic E-state index is -0.857. The highest BCUT2D eigenvalue weighted by Gasteiger charge is 2.17. The average Bonchev–Trinajstić information content (AvgIpc) is 2.74. The molecule has 0 unspecified atom stereocenters. The van der Waals surface area contributed by atoms with Crippen molar-refractivity contribution in [1.82, 2.24) is 0 Å². The molecule has 0 fully saturated rings. The van der Waals surface area contributed by atoms with E-state index in [2.05, 4.69) is 19.1 Å². The third-order valence-corrected chi connectivity index (χ3v) is 4.55. The molecular weight excluding hydrogens is 352 g/mol. The Labute approximate surface area is 167 Å². The van der Waals surface area contributed by atoms with Crippen molar-refractivity contribution in [3.05, 3.63) is 65.7 Å². The smallest absolute Gasteiger partial charge is 0.379 e. The van der Waals surface area contributed by atoms with Crippen LogP contribution in [0.25, 0.3) is 0 Å². The Kier molecular flexibility index (Phi) is 9.84. The summed E-state index contributed by atoms with van der Waals surface area (Å²) in [7, 11) is 0. The first-order valence-electron chi connectivity index (χ1n) is 10.2. The lowest BCUT2D eigenvalue weighted by molar-refractivity contribution is -0.138. The quantitative estimate of drug-likeness (QED) is 0.202. The van der Waals surface area contributed by atoms with Crippen molar-refractivity contribution in [3.63, 3.8) is 0 Å². The second-order valence-corrected chi connectivity index (χ2v) is 6.84. The molecular formula is C24H30O4. The summed E-state index contributed by atoms with van der Waals surface area (Å²) < 4.78 is 10.6. The van der Waals surface area contributed by atoms with Crippen molar-refractivity contribution >= 4 is 11.8 Å². The summed E-state index contributed by atoms with van der Waals surface area (Å²) in [5.74, 6) is -0.763. The molecule has 0 bridgehead atoms. The molecule has 0 saturated carbocycles. The normalized spacial score (nSPS) is 10.5. The molecule has 4 heteroatoms. The zero-order valence-electron chi connectivity index (χ0n) is 16.7. The predicted octanol–water partition coefficient (Wildman–Crippen LogP) is 5.39. The van der Waals surface area contributed by atoms with E-state index in [0.29, 0.717) is 5.56 Å². The maximum Gasteiger partial charge on any atom is 0.379 e. The molecule has 2 rings (SSSR count). The van der Waals surface area contributed by atoms with Crippen LogP contribution in [0.4, 0.5) is 0 Å². The molecule has 0 radical (unpaired) electrons. The van der Waals surface area contributed by atoms with Gasteiger partial charge in [-0.25, -0.2) is 4.79 Å². The van der Waals surface area contributed by atoms with E-state index in [1.165, 1.54) is 44.1 Å². The van der Waals surface area contributed by atoms with E-state index in [1.807, 2.05) is 12.1 Å². The van der Waals surface area contributed by atoms with Gasteiger partial charge in [0.1, 0.15) is 19.0 Å². The minimum absolute atomic E-state index is 0.0386. The molecule has 0 N–H and O–H groups in total. The fraction of sp³-hybridized carbons (Fsp3) is 0.417. The number of Topliss-reactive ketones (excluding diaryl/α,β-unsaturated/α-hetero) is 1. The van der Waals surface area contributed by atoms with Crippen LogP contribution in [0.1, 0.15) is 61.4 Å². The monoisotopic (exact) mass is 382 g/mol. The van der Waals surface area contributed by atoms with Crippen LogP contribution in [0.5, 0.6) is 5.75 Å². The fourth-order valence-corrected chi connectivity index (χ4v) is 2.93. The number of unbranched alkanes of at least 4 members (excludes halogenated alkanes) is 5. The largest absolute Gasteiger partial charge is 0.490 e. The molecule has 150 valence electrons. The van der Waals surface area contributed by atoms with E-state index in [1.54, 1.807) is 30.3 Å². The van der Waals surface area contributed by atoms with Gasteiger partial charge < -0.3 is 9.47 Å². The number of rotatable bonds is 13. The Morgan fingerprint density at radius 2 is 1.46 bits per heavy atom. The molecule has 0 aliphatic carbocycles. The van der Waals surface area contributed by atoms with E-state index in [9.17, 15) is 9.59 Å². The van der Waals surface area contributed by atoms with Gasteiger partial charge in [0, 0.05) is 5.56 Å². The molecule has 0 atom stereocenters. The van der Waals surface area contributed by atoms with Gasteiger partial charge in [0.25, 0.3) is 5.78 Å². The molecule has 0 saturated heterocycles. The van der Waals surface area contributed by atoms with E-state index in [4.69, 9.17) is 9.47 Å². The summed E-state index contributed by atoms with van der Waals surface area (Å²) in [4.78, 5) is 23.6. The Morgan fingerprint density at radius 3 is 2.18 bits per heavy atom. The molecule has 0 aliphatic rings. The molecule has 28 heavy (non-hydrogen) atoms. The first-order chi connectivity index (χ1) is 13.7. The number of carbonyl (C=O) groups excluding carboxylic acids is 2. The van der Waals surface area contributed by atoms with E-state index in [0.717, 1.165) is 12.2 Å². The summed E-state index contributed by atoms with van der Waals surface area (Å²) in [6.45, 7) is 2.49. The van der Waals surface area contributed by atoms with E-state index in [-0.39, 0.29) is 13.2 Å². The Morgan fingerprint density at radius 1 is 0.786 bits per heavy atom. The van der Waals surface area contributed by atoms with Gasteiger partial charge >= 0.3 is 5.97 Å². The maximum atomic E-state index is 11.9. The molecule has 2 aromatic rings. The van der Waals surface area contributed by atoms with Gasteiger partial charge in [0.15, 0.2) is 0 Å². The third-order valence-electron chi connectivity index (χ3n) is 4.55. The topological polar surface area (TPSA) is 52.6 Å². The van der Waals surface area contributed by atoms with Gasteiger partial charge in [-0.15, -0.1) is 0 Å². The SMILES string of the molecule is CCCCCCCCc1ccc(OCCOC(=O)C(=O)c2ccccc2)cc1. The Balaban J connectivity index is 1.61. The van der Waals surface area contributed by atoms with Gasteiger partial charge in [-0.05, 0) is 30.5 Å². The van der Waals surface area contributed by atoms with Crippen LogP contribution in [-0.2, 0) is 16.0 Å². The lowest BCUT2D eigenvalue weighted by Crippen LogP contribution is -2.20. The molecule has 0 amide bonds. The molecule has 0 heterocycles. The minimum Gasteiger partial charge on any atom is -0.490 e. The molecule has 0 aromatic heterocycles. The molecule has 2 aromatic carbocycles. The predicted molar refractivity (Wildman–Crippen MR) is 111 cm³/mol. The van der Waals surface area contributed by atoms with Gasteiger partial charge in [-0.2, -0.15) is 0 Å². The van der Waals surface area contributed by atoms with Crippen LogP contribution >= 0.6 is 0 Å². The van der Waals surface area contributed by atoms with Crippen LogP contribution < -0.4 is 4.74 Å². The highest BCUT2D eigenvalue weighted by molar-refractivity contribution is 6.40. The van der Waals surface area contributed by atoms with Crippen LogP contribution in [0, 0.1) is 0 Å². The molecule has 0 spiro atoms. The number of carbonyl (C=O) groups is 2. The van der Waals surface area contributed by atoms with Crippen molar-refractivity contribution in [2.24, 2.45) is 0 Å². The number of aryl methyl sites for hydroxylation is 1. The lowest BCUT2D eigenvalue weighted by atomic mass is 10.0. The van der Waals surface area contributed by atoms with Crippen LogP contribution in [0.15, 0.2) is 54.6 Å². The summed E-state index contributed by atoms with van der Waals surface area (Å²) in [5.41, 5.74) is 1.64. The van der Waals surface area contributed by atoms with Crippen molar-refractivity contribution in [2.45, 2.75) is 51.9 Å². The summed E-state index contributed by atoms with van der Waals surface area (Å²) >= 11 is 0. The number of esters is 1. The van der Waals surface area contributed by atoms with Crippen LogP contribution in [-0.4, -0.2) is 25.0 Å². The highest BCUT2D eigenvalue weighted by Crippen LogP contribution is 2.15. The molecule has 0 aliphatic heterocycles. The summed E-state index contributed by atoms with van der Waals surface area (Å²) in [5, 5.41) is 0. The third kappa shape index (κ3) is 7.95. The first-order valence-corrected chi connectivity index (χ1v) is 10.2. The van der Waals surface area contributed by atoms with Crippen LogP contribution in [0.3, 0.4) is 0 Å². The fourth-order valence-electron chi connectivity index (χ4n) is 2.93. The second-order valence-electron chi connectivity index (χ2n) is 6.84. The second kappa shape index (κ2) is 12.7. The number of ether oxygens (including phenoxy) is 2. The van der Waals surface area contributed by atoms with Crippen molar-refractivity contribution in [2.75, 3.05) is 13.2 Å². The molecule has 4 nitrogen and oxygen atoms in total. The lowest BCUT2D eigenvalue weighted by Gasteiger charge is -2.08. The van der Waals surface area contributed by atoms with Crippen molar-refractivity contribution < 1.29 is 19.1 Å². The summed E-state index contributed by atoms with van der Waals surface area (Å²) in [6, 6.07) is 16.4. The Hall–Kier alpha value is -2.62. The van der Waals surface area contributed by atoms with E-state index >= 15 is 0 Å². The van der Waals surface area contributed by atoms with Gasteiger partial charge in [-0.1, -0.05) is 81.5 Å². The average molecular weight is 383 g/mol. The van der Waals surface area contributed by atoms with Gasteiger partial charge in [0.05, 0.1) is 0 Å². The highest BCUT2D eigenvalue weighted by atomic mass is 16.6. The zero-order chi connectivity index (χ0) is 20.0. The number of hydrogen-bond acceptors (Lipinski definition) is 4. The zero-order valence-corrected chi connectivity index (χ0v) is 16.7. The van der Waals surface area contributed by atoms with Gasteiger partial charge in [0.2, 0.25) is 0 Å². The van der Waals surface area contributed by atoms with Crippen molar-refractivity contribution in [1.29, 1.82) is 0 Å². The van der Waals surface area contributed by atoms with E-state index < -0.39 is 11.8 Å². The summed E-state index contributed by atoms with van der Waals surface area (Å²) in [6.07, 6.45) is 8.86.